The summed E-state index contributed by atoms with van der Waals surface area (Å²) in [4.78, 5) is 23.0. The van der Waals surface area contributed by atoms with Crippen molar-refractivity contribution in [3.63, 3.8) is 0 Å². The molecule has 6 heteroatoms. The van der Waals surface area contributed by atoms with Gasteiger partial charge in [0.25, 0.3) is 5.56 Å². The Labute approximate surface area is 189 Å². The van der Waals surface area contributed by atoms with Crippen LogP contribution in [-0.2, 0) is 11.8 Å². The minimum Gasteiger partial charge on any atom is -0.380 e. The van der Waals surface area contributed by atoms with Crippen LogP contribution in [0.25, 0.3) is 22.3 Å². The molecular formula is C26H34N4O2. The number of likely N-dealkylation sites (tertiary alicyclic amines) is 1. The number of fused-ring (bicyclic) bond motifs is 1. The largest absolute Gasteiger partial charge is 0.380 e. The molecule has 0 saturated carbocycles. The van der Waals surface area contributed by atoms with Gasteiger partial charge in [-0.15, -0.1) is 0 Å². The van der Waals surface area contributed by atoms with Crippen LogP contribution in [0.5, 0.6) is 0 Å². The summed E-state index contributed by atoms with van der Waals surface area (Å²) < 4.78 is 7.22. The van der Waals surface area contributed by atoms with Gasteiger partial charge < -0.3 is 14.3 Å². The standard InChI is InChI=1S/C26H34N4O2/c1-16(2)24-21-13-19(18-7-10-30(11-8-18)20-9-12-32-15-20)5-6-22(21)28-25(24)23-14-29(4)26(31)17(3)27-23/h5-6,13-14,16,18,20,28H,7-12,15H2,1-4H3. The van der Waals surface area contributed by atoms with E-state index in [9.17, 15) is 4.79 Å². The molecule has 5 rings (SSSR count). The fourth-order valence-corrected chi connectivity index (χ4v) is 5.57. The van der Waals surface area contributed by atoms with Crippen molar-refractivity contribution in [2.45, 2.75) is 57.9 Å². The molecule has 6 nitrogen and oxygen atoms in total. The molecule has 1 aromatic carbocycles. The zero-order valence-corrected chi connectivity index (χ0v) is 19.6. The number of rotatable bonds is 4. The van der Waals surface area contributed by atoms with Crippen LogP contribution in [0.15, 0.2) is 29.2 Å². The number of hydrogen-bond donors (Lipinski definition) is 1. The highest BCUT2D eigenvalue weighted by atomic mass is 16.5. The topological polar surface area (TPSA) is 63.2 Å². The molecule has 0 spiro atoms. The number of nitrogens with one attached hydrogen (secondary N) is 1. The van der Waals surface area contributed by atoms with Crippen LogP contribution in [0.3, 0.4) is 0 Å². The lowest BCUT2D eigenvalue weighted by molar-refractivity contribution is 0.122. The number of aromatic amines is 1. The molecule has 3 aromatic rings. The summed E-state index contributed by atoms with van der Waals surface area (Å²) in [7, 11) is 1.79. The Morgan fingerprint density at radius 3 is 2.62 bits per heavy atom. The van der Waals surface area contributed by atoms with Gasteiger partial charge in [0.15, 0.2) is 0 Å². The first-order valence-electron chi connectivity index (χ1n) is 11.9. The first kappa shape index (κ1) is 21.4. The molecule has 32 heavy (non-hydrogen) atoms. The van der Waals surface area contributed by atoms with Crippen LogP contribution in [0.4, 0.5) is 0 Å². The summed E-state index contributed by atoms with van der Waals surface area (Å²) in [5, 5.41) is 1.28. The SMILES string of the molecule is Cc1nc(-c2[nH]c3ccc(C4CCN(C5CCOC5)CC4)cc3c2C(C)C)cn(C)c1=O. The maximum absolute atomic E-state index is 12.1. The second-order valence-electron chi connectivity index (χ2n) is 9.83. The van der Waals surface area contributed by atoms with E-state index >= 15 is 0 Å². The highest BCUT2D eigenvalue weighted by molar-refractivity contribution is 5.91. The van der Waals surface area contributed by atoms with E-state index in [1.54, 1.807) is 18.5 Å². The van der Waals surface area contributed by atoms with Crippen molar-refractivity contribution in [1.29, 1.82) is 0 Å². The number of aryl methyl sites for hydroxylation is 2. The maximum Gasteiger partial charge on any atom is 0.271 e. The van der Waals surface area contributed by atoms with Crippen molar-refractivity contribution in [2.75, 3.05) is 26.3 Å². The number of aromatic nitrogens is 3. The van der Waals surface area contributed by atoms with Crippen molar-refractivity contribution in [3.05, 3.63) is 51.6 Å². The van der Waals surface area contributed by atoms with E-state index in [0.717, 1.165) is 43.2 Å². The Kier molecular flexibility index (Phi) is 5.68. The minimum atomic E-state index is -0.0475. The summed E-state index contributed by atoms with van der Waals surface area (Å²) in [6, 6.07) is 7.55. The molecule has 2 aromatic heterocycles. The van der Waals surface area contributed by atoms with E-state index in [-0.39, 0.29) is 5.56 Å². The molecule has 2 aliphatic heterocycles. The highest BCUT2D eigenvalue weighted by Crippen LogP contribution is 2.38. The van der Waals surface area contributed by atoms with E-state index in [0.29, 0.717) is 23.6 Å². The Morgan fingerprint density at radius 2 is 1.97 bits per heavy atom. The molecule has 2 saturated heterocycles. The lowest BCUT2D eigenvalue weighted by Crippen LogP contribution is -2.41. The number of benzene rings is 1. The molecule has 4 heterocycles. The molecule has 0 bridgehead atoms. The molecule has 170 valence electrons. The van der Waals surface area contributed by atoms with E-state index < -0.39 is 0 Å². The average molecular weight is 435 g/mol. The smallest absolute Gasteiger partial charge is 0.271 e. The number of hydrogen-bond acceptors (Lipinski definition) is 4. The second kappa shape index (κ2) is 8.49. The molecule has 2 aliphatic rings. The van der Waals surface area contributed by atoms with Gasteiger partial charge in [-0.3, -0.25) is 9.69 Å². The second-order valence-corrected chi connectivity index (χ2v) is 9.83. The normalized spacial score (nSPS) is 20.6. The van der Waals surface area contributed by atoms with Gasteiger partial charge in [-0.05, 0) is 74.4 Å². The molecule has 0 aliphatic carbocycles. The van der Waals surface area contributed by atoms with Crippen molar-refractivity contribution in [1.82, 2.24) is 19.4 Å². The third-order valence-electron chi connectivity index (χ3n) is 7.35. The molecule has 0 amide bonds. The Bertz CT molecular complexity index is 1150. The van der Waals surface area contributed by atoms with Crippen LogP contribution >= 0.6 is 0 Å². The maximum atomic E-state index is 12.1. The quantitative estimate of drug-likeness (QED) is 0.664. The van der Waals surface area contributed by atoms with Gasteiger partial charge in [-0.1, -0.05) is 19.9 Å². The summed E-state index contributed by atoms with van der Waals surface area (Å²) >= 11 is 0. The first-order valence-corrected chi connectivity index (χ1v) is 11.9. The van der Waals surface area contributed by atoms with E-state index in [1.807, 2.05) is 6.20 Å². The van der Waals surface area contributed by atoms with Gasteiger partial charge in [0.1, 0.15) is 11.4 Å². The van der Waals surface area contributed by atoms with Crippen molar-refractivity contribution < 1.29 is 4.74 Å². The lowest BCUT2D eigenvalue weighted by Gasteiger charge is -2.35. The lowest BCUT2D eigenvalue weighted by atomic mass is 9.87. The molecule has 2 fully saturated rings. The van der Waals surface area contributed by atoms with Gasteiger partial charge in [0.05, 0.1) is 12.3 Å². The summed E-state index contributed by atoms with van der Waals surface area (Å²) in [5.74, 6) is 0.951. The molecule has 0 radical (unpaired) electrons. The minimum absolute atomic E-state index is 0.0475. The van der Waals surface area contributed by atoms with Crippen molar-refractivity contribution >= 4 is 10.9 Å². The number of piperidine rings is 1. The number of nitrogens with zero attached hydrogens (tertiary/aromatic N) is 3. The van der Waals surface area contributed by atoms with Crippen LogP contribution in [-0.4, -0.2) is 51.8 Å². The number of ether oxygens (including phenoxy) is 1. The zero-order chi connectivity index (χ0) is 22.4. The molecular weight excluding hydrogens is 400 g/mol. The Hall–Kier alpha value is -2.44. The van der Waals surface area contributed by atoms with Crippen LogP contribution < -0.4 is 5.56 Å². The molecule has 1 unspecified atom stereocenters. The van der Waals surface area contributed by atoms with Crippen LogP contribution in [0, 0.1) is 6.92 Å². The summed E-state index contributed by atoms with van der Waals surface area (Å²) in [6.07, 6.45) is 5.43. The third kappa shape index (κ3) is 3.80. The average Bonchev–Trinajstić information content (AvgIpc) is 3.45. The highest BCUT2D eigenvalue weighted by Gasteiger charge is 2.28. The monoisotopic (exact) mass is 434 g/mol. The summed E-state index contributed by atoms with van der Waals surface area (Å²) in [6.45, 7) is 10.4. The Balaban J connectivity index is 1.48. The van der Waals surface area contributed by atoms with Crippen molar-refractivity contribution in [3.8, 4) is 11.4 Å². The fraction of sp³-hybridized carbons (Fsp3) is 0.538. The van der Waals surface area contributed by atoms with Gasteiger partial charge in [0.2, 0.25) is 0 Å². The predicted octanol–water partition coefficient (Wildman–Crippen LogP) is 4.33. The summed E-state index contributed by atoms with van der Waals surface area (Å²) in [5.41, 5.74) is 6.21. The van der Waals surface area contributed by atoms with Crippen molar-refractivity contribution in [2.24, 2.45) is 7.05 Å². The van der Waals surface area contributed by atoms with E-state index in [1.165, 1.54) is 35.8 Å². The van der Waals surface area contributed by atoms with Crippen LogP contribution in [0.2, 0.25) is 0 Å². The van der Waals surface area contributed by atoms with E-state index in [2.05, 4.69) is 46.9 Å². The van der Waals surface area contributed by atoms with Gasteiger partial charge >= 0.3 is 0 Å². The van der Waals surface area contributed by atoms with Gasteiger partial charge in [-0.2, -0.15) is 0 Å². The third-order valence-corrected chi connectivity index (χ3v) is 7.35. The van der Waals surface area contributed by atoms with Gasteiger partial charge in [-0.25, -0.2) is 4.98 Å². The molecule has 1 N–H and O–H groups in total. The fourth-order valence-electron chi connectivity index (χ4n) is 5.57. The van der Waals surface area contributed by atoms with Crippen LogP contribution in [0.1, 0.15) is 61.8 Å². The first-order chi connectivity index (χ1) is 15.4. The number of H-pyrrole nitrogens is 1. The van der Waals surface area contributed by atoms with Gasteiger partial charge in [0, 0.05) is 36.8 Å². The molecule has 1 atom stereocenters. The Morgan fingerprint density at radius 1 is 1.19 bits per heavy atom. The zero-order valence-electron chi connectivity index (χ0n) is 19.6. The predicted molar refractivity (Wildman–Crippen MR) is 128 cm³/mol. The van der Waals surface area contributed by atoms with E-state index in [4.69, 9.17) is 4.74 Å².